The number of rotatable bonds is 5. The maximum Gasteiger partial charge on any atom is 0.471 e. The number of hydrogen-bond acceptors (Lipinski definition) is 4. The van der Waals surface area contributed by atoms with E-state index in [0.717, 1.165) is 31.7 Å². The molecule has 3 rings (SSSR count). The Labute approximate surface area is 155 Å². The van der Waals surface area contributed by atoms with E-state index >= 15 is 0 Å². The maximum absolute atomic E-state index is 12.9. The molecule has 1 N–H and O–H groups in total. The van der Waals surface area contributed by atoms with Crippen LogP contribution in [0.2, 0.25) is 0 Å². The Bertz CT molecular complexity index is 794. The lowest BCUT2D eigenvalue weighted by Crippen LogP contribution is -2.45. The van der Waals surface area contributed by atoms with Crippen molar-refractivity contribution >= 4 is 21.6 Å². The van der Waals surface area contributed by atoms with Crippen molar-refractivity contribution < 1.29 is 31.1 Å². The molecular weight excluding hydrogens is 385 g/mol. The van der Waals surface area contributed by atoms with Gasteiger partial charge in [-0.2, -0.15) is 17.5 Å². The minimum atomic E-state index is -5.05. The first-order valence-corrected chi connectivity index (χ1v) is 10.2. The summed E-state index contributed by atoms with van der Waals surface area (Å²) in [5.74, 6) is -2.15. The van der Waals surface area contributed by atoms with Crippen LogP contribution in [0.25, 0.3) is 0 Å². The van der Waals surface area contributed by atoms with Crippen LogP contribution >= 0.6 is 0 Å². The number of amides is 1. The maximum atomic E-state index is 12.9. The van der Waals surface area contributed by atoms with Crippen molar-refractivity contribution in [2.45, 2.75) is 55.4 Å². The molecule has 2 fully saturated rings. The molecule has 1 saturated heterocycles. The quantitative estimate of drug-likeness (QED) is 0.816. The summed E-state index contributed by atoms with van der Waals surface area (Å²) < 4.78 is 70.1. The molecule has 1 amide bonds. The van der Waals surface area contributed by atoms with E-state index in [9.17, 15) is 26.4 Å². The van der Waals surface area contributed by atoms with E-state index in [4.69, 9.17) is 4.74 Å². The average Bonchev–Trinajstić information content (AvgIpc) is 2.58. The lowest BCUT2D eigenvalue weighted by molar-refractivity contribution is -0.167. The Morgan fingerprint density at radius 2 is 1.85 bits per heavy atom. The van der Waals surface area contributed by atoms with Crippen molar-refractivity contribution in [3.8, 4) is 0 Å². The van der Waals surface area contributed by atoms with Gasteiger partial charge in [0.1, 0.15) is 0 Å². The number of nitrogens with one attached hydrogen (secondary N) is 1. The first-order chi connectivity index (χ1) is 12.7. The molecule has 1 unspecified atom stereocenters. The first kappa shape index (κ1) is 20.1. The predicted molar refractivity (Wildman–Crippen MR) is 91.6 cm³/mol. The van der Waals surface area contributed by atoms with E-state index in [-0.39, 0.29) is 29.3 Å². The van der Waals surface area contributed by atoms with E-state index in [1.54, 1.807) is 5.32 Å². The molecule has 27 heavy (non-hydrogen) atoms. The van der Waals surface area contributed by atoms with E-state index in [1.165, 1.54) is 22.5 Å². The van der Waals surface area contributed by atoms with Crippen LogP contribution in [0.1, 0.15) is 32.1 Å². The molecule has 1 saturated carbocycles. The van der Waals surface area contributed by atoms with Crippen molar-refractivity contribution in [1.82, 2.24) is 4.31 Å². The highest BCUT2D eigenvalue weighted by atomic mass is 32.2. The average molecular weight is 406 g/mol. The number of sulfonamides is 1. The molecule has 0 bridgehead atoms. The molecule has 1 atom stereocenters. The summed E-state index contributed by atoms with van der Waals surface area (Å²) in [5.41, 5.74) is -0.224. The van der Waals surface area contributed by atoms with Gasteiger partial charge in [-0.3, -0.25) is 4.79 Å². The Morgan fingerprint density at radius 1 is 1.15 bits per heavy atom. The molecule has 0 aromatic heterocycles. The molecule has 6 nitrogen and oxygen atoms in total. The number of carbonyl (C=O) groups is 1. The first-order valence-electron chi connectivity index (χ1n) is 8.80. The Kier molecular flexibility index (Phi) is 5.78. The van der Waals surface area contributed by atoms with Crippen molar-refractivity contribution in [1.29, 1.82) is 0 Å². The molecule has 1 heterocycles. The highest BCUT2D eigenvalue weighted by molar-refractivity contribution is 7.89. The van der Waals surface area contributed by atoms with Gasteiger partial charge in [0.25, 0.3) is 0 Å². The van der Waals surface area contributed by atoms with Gasteiger partial charge in [-0.1, -0.05) is 6.07 Å². The summed E-state index contributed by atoms with van der Waals surface area (Å²) in [4.78, 5) is 10.9. The van der Waals surface area contributed by atoms with Crippen molar-refractivity contribution in [2.75, 3.05) is 18.4 Å². The summed E-state index contributed by atoms with van der Waals surface area (Å²) in [6.45, 7) is 0.546. The molecule has 10 heteroatoms. The van der Waals surface area contributed by atoms with Crippen LogP contribution in [0, 0.1) is 0 Å². The number of ether oxygens (including phenoxy) is 1. The third kappa shape index (κ3) is 4.80. The van der Waals surface area contributed by atoms with Crippen LogP contribution in [0.3, 0.4) is 0 Å². The second-order valence-electron chi connectivity index (χ2n) is 6.80. The van der Waals surface area contributed by atoms with Gasteiger partial charge in [-0.05, 0) is 50.3 Å². The fraction of sp³-hybridized carbons (Fsp3) is 0.588. The molecule has 150 valence electrons. The van der Waals surface area contributed by atoms with Crippen LogP contribution < -0.4 is 5.32 Å². The zero-order chi connectivity index (χ0) is 19.7. The number of hydrogen-bond donors (Lipinski definition) is 1. The molecule has 1 aromatic rings. The van der Waals surface area contributed by atoms with E-state index in [2.05, 4.69) is 0 Å². The zero-order valence-electron chi connectivity index (χ0n) is 14.5. The predicted octanol–water partition coefficient (Wildman–Crippen LogP) is 2.91. The third-order valence-electron chi connectivity index (χ3n) is 4.77. The van der Waals surface area contributed by atoms with Crippen LogP contribution in [-0.2, 0) is 19.6 Å². The van der Waals surface area contributed by atoms with Gasteiger partial charge in [-0.15, -0.1) is 0 Å². The van der Waals surface area contributed by atoms with E-state index in [1.807, 2.05) is 0 Å². The van der Waals surface area contributed by atoms with Crippen LogP contribution in [0.5, 0.6) is 0 Å². The minimum absolute atomic E-state index is 0.160. The largest absolute Gasteiger partial charge is 0.471 e. The van der Waals surface area contributed by atoms with Gasteiger partial charge in [0, 0.05) is 18.8 Å². The Hall–Kier alpha value is -1.65. The molecule has 0 spiro atoms. The van der Waals surface area contributed by atoms with Crippen LogP contribution in [0.15, 0.2) is 29.2 Å². The number of nitrogens with zero attached hydrogens (tertiary/aromatic N) is 1. The monoisotopic (exact) mass is 406 g/mol. The van der Waals surface area contributed by atoms with Crippen molar-refractivity contribution in [3.63, 3.8) is 0 Å². The molecule has 1 aliphatic carbocycles. The highest BCUT2D eigenvalue weighted by Crippen LogP contribution is 2.29. The van der Waals surface area contributed by atoms with E-state index in [0.29, 0.717) is 13.0 Å². The van der Waals surface area contributed by atoms with Gasteiger partial charge in [0.15, 0.2) is 0 Å². The fourth-order valence-corrected chi connectivity index (χ4v) is 4.66. The minimum Gasteiger partial charge on any atom is -0.374 e. The number of alkyl halides is 3. The summed E-state index contributed by atoms with van der Waals surface area (Å²) in [6.07, 6.45) is -0.492. The normalized spacial score (nSPS) is 22.3. The fourth-order valence-electron chi connectivity index (χ4n) is 3.10. The Morgan fingerprint density at radius 3 is 2.48 bits per heavy atom. The highest BCUT2D eigenvalue weighted by Gasteiger charge is 2.39. The van der Waals surface area contributed by atoms with Crippen LogP contribution in [-0.4, -0.2) is 50.1 Å². The van der Waals surface area contributed by atoms with Crippen molar-refractivity contribution in [2.24, 2.45) is 0 Å². The molecular formula is C17H21F3N2O4S. The van der Waals surface area contributed by atoms with Gasteiger partial charge in [0.05, 0.1) is 17.1 Å². The smallest absolute Gasteiger partial charge is 0.374 e. The van der Waals surface area contributed by atoms with Gasteiger partial charge < -0.3 is 10.1 Å². The molecule has 2 aliphatic rings. The second-order valence-corrected chi connectivity index (χ2v) is 8.73. The zero-order valence-corrected chi connectivity index (χ0v) is 15.4. The molecule has 1 aromatic carbocycles. The summed E-state index contributed by atoms with van der Waals surface area (Å²) in [7, 11) is -3.89. The van der Waals surface area contributed by atoms with Gasteiger partial charge in [-0.25, -0.2) is 8.42 Å². The summed E-state index contributed by atoms with van der Waals surface area (Å²) >= 11 is 0. The van der Waals surface area contributed by atoms with Crippen LogP contribution in [0.4, 0.5) is 18.9 Å². The second kappa shape index (κ2) is 7.76. The number of anilines is 1. The molecule has 0 radical (unpaired) electrons. The Balaban J connectivity index is 1.72. The number of carbonyl (C=O) groups excluding carboxylic acids is 1. The molecule has 1 aliphatic heterocycles. The number of halogens is 3. The summed E-state index contributed by atoms with van der Waals surface area (Å²) in [5, 5.41) is 1.68. The SMILES string of the molecule is O=C(Nc1cccc(S(=O)(=O)N2CCCC(OC3CCC3)C2)c1)C(F)(F)F. The lowest BCUT2D eigenvalue weighted by Gasteiger charge is -2.36. The standard InChI is InChI=1S/C17H21F3N2O4S/c18-17(19,20)16(23)21-12-4-1-8-15(10-12)27(24,25)22-9-3-7-14(11-22)26-13-5-2-6-13/h1,4,8,10,13-14H,2-3,5-7,9,11H2,(H,21,23). The third-order valence-corrected chi connectivity index (χ3v) is 6.63. The number of piperidine rings is 1. The number of benzene rings is 1. The van der Waals surface area contributed by atoms with Crippen molar-refractivity contribution in [3.05, 3.63) is 24.3 Å². The van der Waals surface area contributed by atoms with E-state index < -0.39 is 22.1 Å². The summed E-state index contributed by atoms with van der Waals surface area (Å²) in [6, 6.07) is 4.84. The van der Waals surface area contributed by atoms with Gasteiger partial charge >= 0.3 is 12.1 Å². The topological polar surface area (TPSA) is 75.7 Å². The van der Waals surface area contributed by atoms with Gasteiger partial charge in [0.2, 0.25) is 10.0 Å². The lowest BCUT2D eigenvalue weighted by atomic mass is 9.95.